The van der Waals surface area contributed by atoms with Gasteiger partial charge in [-0.15, -0.1) is 0 Å². The van der Waals surface area contributed by atoms with E-state index in [4.69, 9.17) is 16.6 Å². The second-order valence-electron chi connectivity index (χ2n) is 5.22. The maximum atomic E-state index is 12.3. The van der Waals surface area contributed by atoms with Gasteiger partial charge in [-0.05, 0) is 32.1 Å². The molecule has 0 unspecified atom stereocenters. The fourth-order valence-corrected chi connectivity index (χ4v) is 2.14. The van der Waals surface area contributed by atoms with Crippen LogP contribution in [0.3, 0.4) is 0 Å². The molecule has 0 radical (unpaired) electrons. The molecule has 0 spiro atoms. The number of carbonyl (C=O) groups excluding carboxylic acids is 1. The van der Waals surface area contributed by atoms with Crippen LogP contribution in [0.4, 0.5) is 5.69 Å². The third kappa shape index (κ3) is 3.21. The molecule has 5 nitrogen and oxygen atoms in total. The first-order valence-corrected chi connectivity index (χ1v) is 6.56. The van der Waals surface area contributed by atoms with Crippen LogP contribution >= 0.6 is 0 Å². The average Bonchev–Trinajstić information content (AvgIpc) is 2.45. The van der Waals surface area contributed by atoms with E-state index in [1.807, 2.05) is 19.9 Å². The quantitative estimate of drug-likeness (QED) is 0.684. The number of ether oxygens (including phenoxy) is 1. The van der Waals surface area contributed by atoms with Gasteiger partial charge in [0.1, 0.15) is 11.4 Å². The zero-order chi connectivity index (χ0) is 15.5. The van der Waals surface area contributed by atoms with Gasteiger partial charge in [0.15, 0.2) is 5.69 Å². The molecule has 1 aromatic carbocycles. The second-order valence-corrected chi connectivity index (χ2v) is 5.22. The van der Waals surface area contributed by atoms with E-state index in [-0.39, 0.29) is 12.3 Å². The van der Waals surface area contributed by atoms with Gasteiger partial charge in [0.2, 0.25) is 0 Å². The molecule has 5 heteroatoms. The molecular weight excluding hydrogens is 266 g/mol. The number of nitrogens with one attached hydrogen (secondary N) is 1. The smallest absolute Gasteiger partial charge is 0.251 e. The van der Waals surface area contributed by atoms with Gasteiger partial charge in [-0.2, -0.15) is 5.26 Å². The van der Waals surface area contributed by atoms with Crippen molar-refractivity contribution < 1.29 is 9.53 Å². The van der Waals surface area contributed by atoms with Crippen molar-refractivity contribution in [2.24, 2.45) is 0 Å². The number of hydrogen-bond donors (Lipinski definition) is 1. The molecule has 1 N–H and O–H groups in total. The van der Waals surface area contributed by atoms with E-state index >= 15 is 0 Å². The number of amides is 1. The number of fused-ring (bicyclic) bond motifs is 1. The highest BCUT2D eigenvalue weighted by atomic mass is 16.5. The highest BCUT2D eigenvalue weighted by molar-refractivity contribution is 6.21. The van der Waals surface area contributed by atoms with Crippen molar-refractivity contribution >= 4 is 17.2 Å². The summed E-state index contributed by atoms with van der Waals surface area (Å²) in [7, 11) is 0. The second kappa shape index (κ2) is 5.68. The maximum Gasteiger partial charge on any atom is 0.251 e. The Morgan fingerprint density at radius 1 is 1.52 bits per heavy atom. The van der Waals surface area contributed by atoms with Gasteiger partial charge >= 0.3 is 0 Å². The molecule has 0 saturated carbocycles. The third-order valence-corrected chi connectivity index (χ3v) is 3.01. The Morgan fingerprint density at radius 3 is 2.95 bits per heavy atom. The van der Waals surface area contributed by atoms with Gasteiger partial charge in [-0.3, -0.25) is 4.79 Å². The molecule has 21 heavy (non-hydrogen) atoms. The zero-order valence-corrected chi connectivity index (χ0v) is 11.9. The van der Waals surface area contributed by atoms with Crippen molar-refractivity contribution in [1.29, 1.82) is 5.26 Å². The molecule has 1 aliphatic rings. The fourth-order valence-electron chi connectivity index (χ4n) is 2.14. The van der Waals surface area contributed by atoms with E-state index in [9.17, 15) is 4.79 Å². The summed E-state index contributed by atoms with van der Waals surface area (Å²) in [5.74, 6) is 0.324. The lowest BCUT2D eigenvalue weighted by atomic mass is 9.94. The van der Waals surface area contributed by atoms with Crippen LogP contribution in [0.5, 0.6) is 5.75 Å². The molecule has 0 fully saturated rings. The Hall–Kier alpha value is -2.79. The molecule has 106 valence electrons. The van der Waals surface area contributed by atoms with Crippen LogP contribution in [-0.2, 0) is 4.79 Å². The van der Waals surface area contributed by atoms with E-state index in [0.717, 1.165) is 0 Å². The standard InChI is InChI=1S/C16H15N3O2/c1-16(2)10-13(15(20)19-8-4-7-17)12-9-11(18-3)5-6-14(12)21-16/h5-6,9-10H,4,8H2,1-2H3,(H,19,20). The lowest BCUT2D eigenvalue weighted by molar-refractivity contribution is -0.115. The maximum absolute atomic E-state index is 12.3. The van der Waals surface area contributed by atoms with Crippen molar-refractivity contribution in [2.75, 3.05) is 6.54 Å². The van der Waals surface area contributed by atoms with Gasteiger partial charge in [0, 0.05) is 17.7 Å². The minimum absolute atomic E-state index is 0.258. The van der Waals surface area contributed by atoms with Gasteiger partial charge in [-0.1, -0.05) is 6.07 Å². The molecular formula is C16H15N3O2. The summed E-state index contributed by atoms with van der Waals surface area (Å²) in [5.41, 5.74) is 0.934. The lowest BCUT2D eigenvalue weighted by Gasteiger charge is -2.30. The van der Waals surface area contributed by atoms with Crippen molar-refractivity contribution in [1.82, 2.24) is 5.32 Å². The summed E-state index contributed by atoms with van der Waals surface area (Å²) < 4.78 is 5.81. The van der Waals surface area contributed by atoms with Crippen molar-refractivity contribution in [2.45, 2.75) is 25.9 Å². The van der Waals surface area contributed by atoms with Crippen molar-refractivity contribution in [3.8, 4) is 11.8 Å². The monoisotopic (exact) mass is 281 g/mol. The number of nitrogens with zero attached hydrogens (tertiary/aromatic N) is 2. The SMILES string of the molecule is [C-]#[N+]c1ccc2c(c1)C(C(=O)NCCC#N)=CC(C)(C)O2. The van der Waals surface area contributed by atoms with Gasteiger partial charge in [0.05, 0.1) is 19.1 Å². The molecule has 0 saturated heterocycles. The first-order valence-electron chi connectivity index (χ1n) is 6.56. The largest absolute Gasteiger partial charge is 0.483 e. The molecule has 0 bridgehead atoms. The van der Waals surface area contributed by atoms with E-state index in [1.165, 1.54) is 0 Å². The number of hydrogen-bond acceptors (Lipinski definition) is 3. The first-order chi connectivity index (χ1) is 9.96. The molecule has 0 aromatic heterocycles. The van der Waals surface area contributed by atoms with E-state index < -0.39 is 5.60 Å². The fraction of sp³-hybridized carbons (Fsp3) is 0.312. The average molecular weight is 281 g/mol. The third-order valence-electron chi connectivity index (χ3n) is 3.01. The minimum Gasteiger partial charge on any atom is -0.483 e. The normalized spacial score (nSPS) is 14.8. The van der Waals surface area contributed by atoms with Crippen LogP contribution in [0.15, 0.2) is 24.3 Å². The van der Waals surface area contributed by atoms with Gasteiger partial charge in [0.25, 0.3) is 5.91 Å². The van der Waals surface area contributed by atoms with Crippen molar-refractivity contribution in [3.05, 3.63) is 41.3 Å². The highest BCUT2D eigenvalue weighted by Gasteiger charge is 2.29. The Kier molecular flexibility index (Phi) is 3.95. The number of rotatable bonds is 3. The first kappa shape index (κ1) is 14.6. The predicted octanol–water partition coefficient (Wildman–Crippen LogP) is 2.82. The predicted molar refractivity (Wildman–Crippen MR) is 78.6 cm³/mol. The van der Waals surface area contributed by atoms with Crippen LogP contribution in [0, 0.1) is 17.9 Å². The van der Waals surface area contributed by atoms with Gasteiger partial charge < -0.3 is 10.1 Å². The summed E-state index contributed by atoms with van der Waals surface area (Å²) in [4.78, 5) is 15.7. The minimum atomic E-state index is -0.603. The molecule has 0 aliphatic carbocycles. The molecule has 1 aromatic rings. The number of nitriles is 1. The Balaban J connectivity index is 2.39. The Morgan fingerprint density at radius 2 is 2.29 bits per heavy atom. The van der Waals surface area contributed by atoms with Crippen LogP contribution in [-0.4, -0.2) is 18.1 Å². The van der Waals surface area contributed by atoms with Crippen LogP contribution < -0.4 is 10.1 Å². The van der Waals surface area contributed by atoms with Crippen LogP contribution in [0.1, 0.15) is 25.8 Å². The summed E-state index contributed by atoms with van der Waals surface area (Å²) in [6.07, 6.45) is 2.00. The zero-order valence-electron chi connectivity index (χ0n) is 11.9. The molecule has 1 heterocycles. The summed E-state index contributed by atoms with van der Waals surface area (Å²) in [6.45, 7) is 11.1. The number of carbonyl (C=O) groups is 1. The lowest BCUT2D eigenvalue weighted by Crippen LogP contribution is -2.33. The summed E-state index contributed by atoms with van der Waals surface area (Å²) in [6, 6.07) is 7.00. The summed E-state index contributed by atoms with van der Waals surface area (Å²) >= 11 is 0. The molecule has 1 amide bonds. The molecule has 2 rings (SSSR count). The van der Waals surface area contributed by atoms with E-state index in [1.54, 1.807) is 24.3 Å². The Bertz CT molecular complexity index is 690. The van der Waals surface area contributed by atoms with Gasteiger partial charge in [-0.25, -0.2) is 4.85 Å². The highest BCUT2D eigenvalue weighted by Crippen LogP contribution is 2.38. The molecule has 1 aliphatic heterocycles. The molecule has 0 atom stereocenters. The Labute approximate surface area is 123 Å². The van der Waals surface area contributed by atoms with E-state index in [2.05, 4.69) is 10.2 Å². The summed E-state index contributed by atoms with van der Waals surface area (Å²) in [5, 5.41) is 11.2. The topological polar surface area (TPSA) is 66.5 Å². The van der Waals surface area contributed by atoms with E-state index in [0.29, 0.717) is 29.1 Å². The van der Waals surface area contributed by atoms with Crippen LogP contribution in [0.2, 0.25) is 0 Å². The van der Waals surface area contributed by atoms with Crippen LogP contribution in [0.25, 0.3) is 10.4 Å². The van der Waals surface area contributed by atoms with Crippen molar-refractivity contribution in [3.63, 3.8) is 0 Å². The number of benzene rings is 1.